The molecule has 4 nitrogen and oxygen atoms in total. The van der Waals surface area contributed by atoms with Gasteiger partial charge in [0, 0.05) is 6.04 Å². The topological polar surface area (TPSA) is 55.4 Å². The number of sulfonamides is 1. The molecule has 0 radical (unpaired) electrons. The van der Waals surface area contributed by atoms with Crippen molar-refractivity contribution in [1.82, 2.24) is 4.72 Å². The summed E-state index contributed by atoms with van der Waals surface area (Å²) < 4.78 is 33.0. The van der Waals surface area contributed by atoms with Crippen LogP contribution >= 0.6 is 11.6 Å². The first-order chi connectivity index (χ1) is 11.2. The van der Waals surface area contributed by atoms with Crippen molar-refractivity contribution in [3.8, 4) is 5.75 Å². The van der Waals surface area contributed by atoms with Gasteiger partial charge in [-0.05, 0) is 68.1 Å². The van der Waals surface area contributed by atoms with Gasteiger partial charge in [-0.2, -0.15) is 0 Å². The number of aryl methyl sites for hydroxylation is 3. The van der Waals surface area contributed by atoms with Crippen molar-refractivity contribution in [2.45, 2.75) is 38.6 Å². The third kappa shape index (κ3) is 3.91. The second-order valence-corrected chi connectivity index (χ2v) is 8.05. The molecule has 0 bridgehead atoms. The molecular weight excluding hydrogens is 346 g/mol. The van der Waals surface area contributed by atoms with E-state index in [2.05, 4.69) is 10.8 Å². The standard InChI is InChI=1S/C18H22ClNO3S/c1-11-8-13(3)16(9-12(11)2)14(4)20-24(21,22)15-6-7-18(23-5)17(19)10-15/h6-10,14,20H,1-5H3/t14-/m0/s1. The van der Waals surface area contributed by atoms with Gasteiger partial charge in [0.15, 0.2) is 0 Å². The Balaban J connectivity index is 2.32. The molecule has 0 unspecified atom stereocenters. The van der Waals surface area contributed by atoms with E-state index < -0.39 is 10.0 Å². The lowest BCUT2D eigenvalue weighted by atomic mass is 9.97. The van der Waals surface area contributed by atoms with Crippen molar-refractivity contribution in [1.29, 1.82) is 0 Å². The van der Waals surface area contributed by atoms with Gasteiger partial charge in [0.25, 0.3) is 0 Å². The lowest BCUT2D eigenvalue weighted by molar-refractivity contribution is 0.414. The van der Waals surface area contributed by atoms with Gasteiger partial charge in [0.2, 0.25) is 10.0 Å². The van der Waals surface area contributed by atoms with Crippen molar-refractivity contribution in [3.63, 3.8) is 0 Å². The molecule has 0 aliphatic rings. The lowest BCUT2D eigenvalue weighted by Gasteiger charge is -2.19. The molecule has 6 heteroatoms. The summed E-state index contributed by atoms with van der Waals surface area (Å²) in [6, 6.07) is 8.16. The fraction of sp³-hybridized carbons (Fsp3) is 0.333. The Bertz CT molecular complexity index is 863. The molecule has 1 N–H and O–H groups in total. The van der Waals surface area contributed by atoms with Gasteiger partial charge in [-0.1, -0.05) is 23.7 Å². The number of ether oxygens (including phenoxy) is 1. The molecule has 0 heterocycles. The van der Waals surface area contributed by atoms with Gasteiger partial charge >= 0.3 is 0 Å². The fourth-order valence-corrected chi connectivity index (χ4v) is 4.20. The van der Waals surface area contributed by atoms with E-state index in [0.717, 1.165) is 16.7 Å². The molecule has 2 aromatic rings. The molecule has 130 valence electrons. The van der Waals surface area contributed by atoms with Crippen molar-refractivity contribution >= 4 is 21.6 Å². The van der Waals surface area contributed by atoms with Crippen LogP contribution in [0.15, 0.2) is 35.2 Å². The Hall–Kier alpha value is -1.56. The summed E-state index contributed by atoms with van der Waals surface area (Å²) in [5.74, 6) is 0.439. The number of methoxy groups -OCH3 is 1. The van der Waals surface area contributed by atoms with Gasteiger partial charge in [-0.15, -0.1) is 0 Å². The highest BCUT2D eigenvalue weighted by molar-refractivity contribution is 7.89. The van der Waals surface area contributed by atoms with Gasteiger partial charge in [0.05, 0.1) is 17.0 Å². The van der Waals surface area contributed by atoms with Crippen molar-refractivity contribution in [3.05, 3.63) is 57.6 Å². The average molecular weight is 368 g/mol. The summed E-state index contributed by atoms with van der Waals surface area (Å²) in [7, 11) is -2.20. The largest absolute Gasteiger partial charge is 0.495 e. The predicted octanol–water partition coefficient (Wildman–Crippen LogP) is 4.31. The number of hydrogen-bond donors (Lipinski definition) is 1. The second-order valence-electron chi connectivity index (χ2n) is 5.93. The van der Waals surface area contributed by atoms with E-state index in [0.29, 0.717) is 5.75 Å². The fourth-order valence-electron chi connectivity index (χ4n) is 2.63. The van der Waals surface area contributed by atoms with Crippen LogP contribution in [0.25, 0.3) is 0 Å². The van der Waals surface area contributed by atoms with Crippen LogP contribution in [-0.2, 0) is 10.0 Å². The van der Waals surface area contributed by atoms with E-state index in [-0.39, 0.29) is 16.0 Å². The Morgan fingerprint density at radius 3 is 2.25 bits per heavy atom. The van der Waals surface area contributed by atoms with Crippen LogP contribution in [0, 0.1) is 20.8 Å². The molecular formula is C18H22ClNO3S. The van der Waals surface area contributed by atoms with E-state index in [1.807, 2.05) is 33.8 Å². The summed E-state index contributed by atoms with van der Waals surface area (Å²) in [5, 5.41) is 0.260. The minimum atomic E-state index is -3.68. The van der Waals surface area contributed by atoms with Crippen molar-refractivity contribution in [2.24, 2.45) is 0 Å². The van der Waals surface area contributed by atoms with Crippen LogP contribution < -0.4 is 9.46 Å². The third-order valence-electron chi connectivity index (χ3n) is 4.11. The van der Waals surface area contributed by atoms with Gasteiger partial charge in [-0.25, -0.2) is 13.1 Å². The first kappa shape index (κ1) is 18.8. The molecule has 0 saturated heterocycles. The Morgan fingerprint density at radius 1 is 1.04 bits per heavy atom. The van der Waals surface area contributed by atoms with Gasteiger partial charge in [-0.3, -0.25) is 0 Å². The number of halogens is 1. The monoisotopic (exact) mass is 367 g/mol. The molecule has 0 spiro atoms. The maximum Gasteiger partial charge on any atom is 0.241 e. The molecule has 1 atom stereocenters. The molecule has 0 aliphatic carbocycles. The molecule has 2 rings (SSSR count). The number of hydrogen-bond acceptors (Lipinski definition) is 3. The zero-order chi connectivity index (χ0) is 18.1. The first-order valence-corrected chi connectivity index (χ1v) is 9.45. The molecule has 0 aromatic heterocycles. The minimum absolute atomic E-state index is 0.113. The number of nitrogens with one attached hydrogen (secondary N) is 1. The van der Waals surface area contributed by atoms with Crippen LogP contribution in [0.3, 0.4) is 0 Å². The number of benzene rings is 2. The smallest absolute Gasteiger partial charge is 0.241 e. The SMILES string of the molecule is COc1ccc(S(=O)(=O)N[C@@H](C)c2cc(C)c(C)cc2C)cc1Cl. The Labute approximate surface area is 148 Å². The normalized spacial score (nSPS) is 12.9. The third-order valence-corrected chi connectivity index (χ3v) is 5.95. The second kappa shape index (κ2) is 7.13. The van der Waals surface area contributed by atoms with Crippen molar-refractivity contribution < 1.29 is 13.2 Å². The van der Waals surface area contributed by atoms with E-state index in [4.69, 9.17) is 16.3 Å². The average Bonchev–Trinajstić information content (AvgIpc) is 2.50. The van der Waals surface area contributed by atoms with Crippen LogP contribution in [0.5, 0.6) is 5.75 Å². The summed E-state index contributed by atoms with van der Waals surface area (Å²) in [6.07, 6.45) is 0. The Morgan fingerprint density at radius 2 is 1.67 bits per heavy atom. The summed E-state index contributed by atoms with van der Waals surface area (Å²) in [6.45, 7) is 7.87. The highest BCUT2D eigenvalue weighted by atomic mass is 35.5. The van der Waals surface area contributed by atoms with Crippen LogP contribution in [-0.4, -0.2) is 15.5 Å². The van der Waals surface area contributed by atoms with E-state index in [9.17, 15) is 8.42 Å². The molecule has 2 aromatic carbocycles. The van der Waals surface area contributed by atoms with E-state index >= 15 is 0 Å². The van der Waals surface area contributed by atoms with Gasteiger partial charge < -0.3 is 4.74 Å². The van der Waals surface area contributed by atoms with E-state index in [1.54, 1.807) is 6.07 Å². The highest BCUT2D eigenvalue weighted by Gasteiger charge is 2.21. The lowest BCUT2D eigenvalue weighted by Crippen LogP contribution is -2.27. The maximum absolute atomic E-state index is 12.6. The van der Waals surface area contributed by atoms with E-state index in [1.165, 1.54) is 24.8 Å². The van der Waals surface area contributed by atoms with Gasteiger partial charge in [0.1, 0.15) is 5.75 Å². The molecule has 0 amide bonds. The summed E-state index contributed by atoms with van der Waals surface area (Å²) in [5.41, 5.74) is 4.34. The minimum Gasteiger partial charge on any atom is -0.495 e. The summed E-state index contributed by atoms with van der Waals surface area (Å²) in [4.78, 5) is 0.113. The molecule has 24 heavy (non-hydrogen) atoms. The number of rotatable bonds is 5. The van der Waals surface area contributed by atoms with Crippen LogP contribution in [0.4, 0.5) is 0 Å². The molecule has 0 saturated carbocycles. The maximum atomic E-state index is 12.6. The summed E-state index contributed by atoms with van der Waals surface area (Å²) >= 11 is 6.04. The van der Waals surface area contributed by atoms with Crippen molar-refractivity contribution in [2.75, 3.05) is 7.11 Å². The zero-order valence-electron chi connectivity index (χ0n) is 14.5. The van der Waals surface area contributed by atoms with Crippen LogP contribution in [0.1, 0.15) is 35.2 Å². The highest BCUT2D eigenvalue weighted by Crippen LogP contribution is 2.28. The molecule has 0 aliphatic heterocycles. The zero-order valence-corrected chi connectivity index (χ0v) is 16.0. The predicted molar refractivity (Wildman–Crippen MR) is 97.4 cm³/mol. The first-order valence-electron chi connectivity index (χ1n) is 7.59. The molecule has 0 fully saturated rings. The quantitative estimate of drug-likeness (QED) is 0.856. The Kier molecular flexibility index (Phi) is 5.58. The van der Waals surface area contributed by atoms with Crippen LogP contribution in [0.2, 0.25) is 5.02 Å².